The van der Waals surface area contributed by atoms with Crippen LogP contribution in [0.3, 0.4) is 0 Å². The standard InChI is InChI=1S/C20H29N5S/c1-3-4-5-12-17-24-18-19(25(17)14-9-8-13-22-26-2)15-10-6-7-11-16(15)23-20(18)21/h6-7,10-11,22H,3-5,8-9,12-14H2,1-2H3,(H2,21,23). The Kier molecular flexibility index (Phi) is 6.74. The van der Waals surface area contributed by atoms with E-state index >= 15 is 0 Å². The van der Waals surface area contributed by atoms with Gasteiger partial charge < -0.3 is 10.3 Å². The molecule has 0 aliphatic carbocycles. The first kappa shape index (κ1) is 19.0. The van der Waals surface area contributed by atoms with E-state index in [9.17, 15) is 0 Å². The lowest BCUT2D eigenvalue weighted by atomic mass is 10.1. The van der Waals surface area contributed by atoms with Gasteiger partial charge in [0.05, 0.1) is 11.0 Å². The van der Waals surface area contributed by atoms with Gasteiger partial charge >= 0.3 is 0 Å². The number of nitrogens with zero attached hydrogens (tertiary/aromatic N) is 3. The first-order valence-corrected chi connectivity index (χ1v) is 10.8. The lowest BCUT2D eigenvalue weighted by molar-refractivity contribution is 0.583. The second kappa shape index (κ2) is 9.24. The minimum absolute atomic E-state index is 0.540. The Morgan fingerprint density at radius 2 is 1.96 bits per heavy atom. The Labute approximate surface area is 159 Å². The number of pyridine rings is 1. The zero-order valence-corrected chi connectivity index (χ0v) is 16.6. The highest BCUT2D eigenvalue weighted by Crippen LogP contribution is 2.29. The summed E-state index contributed by atoms with van der Waals surface area (Å²) < 4.78 is 5.72. The molecule has 5 nitrogen and oxygen atoms in total. The Morgan fingerprint density at radius 1 is 1.12 bits per heavy atom. The lowest BCUT2D eigenvalue weighted by Gasteiger charge is -2.11. The van der Waals surface area contributed by atoms with Gasteiger partial charge in [0, 0.05) is 24.9 Å². The number of nitrogens with two attached hydrogens (primary N) is 1. The van der Waals surface area contributed by atoms with E-state index in [0.717, 1.165) is 60.1 Å². The maximum absolute atomic E-state index is 6.25. The van der Waals surface area contributed by atoms with Crippen LogP contribution in [0.5, 0.6) is 0 Å². The van der Waals surface area contributed by atoms with Gasteiger partial charge in [-0.2, -0.15) is 0 Å². The minimum Gasteiger partial charge on any atom is -0.382 e. The first-order valence-electron chi connectivity index (χ1n) is 9.55. The van der Waals surface area contributed by atoms with Crippen molar-refractivity contribution >= 4 is 39.7 Å². The van der Waals surface area contributed by atoms with Crippen LogP contribution in [0.1, 0.15) is 44.9 Å². The monoisotopic (exact) mass is 371 g/mol. The van der Waals surface area contributed by atoms with Crippen molar-refractivity contribution < 1.29 is 0 Å². The largest absolute Gasteiger partial charge is 0.382 e. The summed E-state index contributed by atoms with van der Waals surface area (Å²) in [7, 11) is 0. The molecule has 0 amide bonds. The molecule has 2 heterocycles. The van der Waals surface area contributed by atoms with E-state index in [0.29, 0.717) is 5.82 Å². The van der Waals surface area contributed by atoms with Crippen LogP contribution in [0.2, 0.25) is 0 Å². The molecule has 0 aliphatic rings. The summed E-state index contributed by atoms with van der Waals surface area (Å²) in [5.41, 5.74) is 9.21. The molecule has 0 aliphatic heterocycles. The van der Waals surface area contributed by atoms with Gasteiger partial charge in [-0.15, -0.1) is 0 Å². The van der Waals surface area contributed by atoms with Gasteiger partial charge in [0.2, 0.25) is 0 Å². The normalized spacial score (nSPS) is 11.6. The van der Waals surface area contributed by atoms with E-state index in [4.69, 9.17) is 10.7 Å². The van der Waals surface area contributed by atoms with E-state index in [1.54, 1.807) is 11.9 Å². The Balaban J connectivity index is 1.99. The van der Waals surface area contributed by atoms with Crippen molar-refractivity contribution in [3.63, 3.8) is 0 Å². The number of rotatable bonds is 10. The number of fused-ring (bicyclic) bond motifs is 3. The van der Waals surface area contributed by atoms with Gasteiger partial charge in [-0.05, 0) is 31.6 Å². The Hall–Kier alpha value is -1.79. The van der Waals surface area contributed by atoms with Crippen LogP contribution in [0, 0.1) is 0 Å². The molecule has 26 heavy (non-hydrogen) atoms. The fourth-order valence-electron chi connectivity index (χ4n) is 3.44. The zero-order chi connectivity index (χ0) is 18.4. The molecule has 0 saturated heterocycles. The number of aromatic nitrogens is 3. The van der Waals surface area contributed by atoms with Gasteiger partial charge in [-0.1, -0.05) is 49.9 Å². The highest BCUT2D eigenvalue weighted by atomic mass is 32.2. The van der Waals surface area contributed by atoms with Crippen molar-refractivity contribution in [2.45, 2.75) is 52.0 Å². The molecule has 1 aromatic carbocycles. The fourth-order valence-corrected chi connectivity index (χ4v) is 3.79. The van der Waals surface area contributed by atoms with Crippen molar-refractivity contribution in [1.82, 2.24) is 19.3 Å². The van der Waals surface area contributed by atoms with Crippen LogP contribution >= 0.6 is 11.9 Å². The summed E-state index contributed by atoms with van der Waals surface area (Å²) in [4.78, 5) is 9.47. The van der Waals surface area contributed by atoms with Crippen LogP contribution < -0.4 is 10.5 Å². The minimum atomic E-state index is 0.540. The molecule has 0 spiro atoms. The number of nitrogens with one attached hydrogen (secondary N) is 1. The summed E-state index contributed by atoms with van der Waals surface area (Å²) in [6.45, 7) is 4.24. The lowest BCUT2D eigenvalue weighted by Crippen LogP contribution is -2.09. The molecular weight excluding hydrogens is 342 g/mol. The number of benzene rings is 1. The van der Waals surface area contributed by atoms with Crippen LogP contribution in [0.4, 0.5) is 5.82 Å². The molecule has 0 bridgehead atoms. The summed E-state index contributed by atoms with van der Waals surface area (Å²) >= 11 is 1.68. The van der Waals surface area contributed by atoms with Gasteiger partial charge in [0.1, 0.15) is 11.3 Å². The number of hydrogen-bond donors (Lipinski definition) is 2. The van der Waals surface area contributed by atoms with E-state index in [1.165, 1.54) is 19.3 Å². The number of imidazole rings is 1. The van der Waals surface area contributed by atoms with Crippen molar-refractivity contribution in [2.75, 3.05) is 18.5 Å². The smallest absolute Gasteiger partial charge is 0.152 e. The van der Waals surface area contributed by atoms with E-state index < -0.39 is 0 Å². The molecule has 3 aromatic rings. The first-order chi connectivity index (χ1) is 12.8. The number of nitrogen functional groups attached to an aromatic ring is 1. The number of unbranched alkanes of at least 4 members (excludes halogenated alkanes) is 3. The topological polar surface area (TPSA) is 68.8 Å². The predicted molar refractivity (Wildman–Crippen MR) is 113 cm³/mol. The Bertz CT molecular complexity index is 858. The molecule has 0 unspecified atom stereocenters. The fraction of sp³-hybridized carbons (Fsp3) is 0.500. The van der Waals surface area contributed by atoms with Gasteiger partial charge in [-0.25, -0.2) is 9.97 Å². The van der Waals surface area contributed by atoms with Crippen molar-refractivity contribution in [3.05, 3.63) is 30.1 Å². The Morgan fingerprint density at radius 3 is 2.77 bits per heavy atom. The van der Waals surface area contributed by atoms with E-state index in [2.05, 4.69) is 39.6 Å². The molecule has 0 fully saturated rings. The van der Waals surface area contributed by atoms with Gasteiger partial charge in [0.15, 0.2) is 5.82 Å². The number of aryl methyl sites for hydroxylation is 2. The molecule has 140 valence electrons. The number of anilines is 1. The van der Waals surface area contributed by atoms with Crippen LogP contribution in [-0.4, -0.2) is 27.3 Å². The van der Waals surface area contributed by atoms with Gasteiger partial charge in [0.25, 0.3) is 0 Å². The summed E-state index contributed by atoms with van der Waals surface area (Å²) in [6, 6.07) is 8.24. The molecule has 3 N–H and O–H groups in total. The molecule has 0 radical (unpaired) electrons. The maximum Gasteiger partial charge on any atom is 0.152 e. The maximum atomic E-state index is 6.25. The molecule has 2 aromatic heterocycles. The van der Waals surface area contributed by atoms with Crippen molar-refractivity contribution in [3.8, 4) is 0 Å². The van der Waals surface area contributed by atoms with Gasteiger partial charge in [-0.3, -0.25) is 4.72 Å². The zero-order valence-electron chi connectivity index (χ0n) is 15.8. The SMILES string of the molecule is CCCCCc1nc2c(N)nc3ccccc3c2n1CCCCNSC. The summed E-state index contributed by atoms with van der Waals surface area (Å²) in [6.07, 6.45) is 8.95. The molecule has 6 heteroatoms. The highest BCUT2D eigenvalue weighted by molar-refractivity contribution is 7.96. The third-order valence-corrected chi connectivity index (χ3v) is 5.24. The number of para-hydroxylation sites is 1. The molecule has 3 rings (SSSR count). The van der Waals surface area contributed by atoms with E-state index in [-0.39, 0.29) is 0 Å². The molecule has 0 saturated carbocycles. The van der Waals surface area contributed by atoms with Crippen LogP contribution in [0.15, 0.2) is 24.3 Å². The van der Waals surface area contributed by atoms with Crippen molar-refractivity contribution in [1.29, 1.82) is 0 Å². The average Bonchev–Trinajstić information content (AvgIpc) is 3.01. The summed E-state index contributed by atoms with van der Waals surface area (Å²) in [5.74, 6) is 1.69. The van der Waals surface area contributed by atoms with E-state index in [1.807, 2.05) is 12.1 Å². The summed E-state index contributed by atoms with van der Waals surface area (Å²) in [5, 5.41) is 1.15. The van der Waals surface area contributed by atoms with Crippen LogP contribution in [0.25, 0.3) is 21.9 Å². The van der Waals surface area contributed by atoms with Crippen LogP contribution in [-0.2, 0) is 13.0 Å². The quantitative estimate of drug-likeness (QED) is 0.404. The second-order valence-corrected chi connectivity index (χ2v) is 7.35. The number of hydrogen-bond acceptors (Lipinski definition) is 5. The third kappa shape index (κ3) is 4.13. The highest BCUT2D eigenvalue weighted by Gasteiger charge is 2.16. The predicted octanol–water partition coefficient (Wildman–Crippen LogP) is 4.55. The second-order valence-electron chi connectivity index (χ2n) is 6.65. The average molecular weight is 372 g/mol. The third-order valence-electron chi connectivity index (χ3n) is 4.75. The van der Waals surface area contributed by atoms with Crippen molar-refractivity contribution in [2.24, 2.45) is 0 Å². The molecule has 0 atom stereocenters. The molecular formula is C20H29N5S.